The molecule has 1 aliphatic rings. The zero-order valence-electron chi connectivity index (χ0n) is 11.6. The van der Waals surface area contributed by atoms with Crippen LogP contribution in [0.25, 0.3) is 0 Å². The van der Waals surface area contributed by atoms with Gasteiger partial charge in [-0.05, 0) is 30.9 Å². The van der Waals surface area contributed by atoms with Crippen LogP contribution in [0.1, 0.15) is 44.6 Å². The molecule has 0 aromatic heterocycles. The molecule has 2 rings (SSSR count). The Balaban J connectivity index is 2.23. The Morgan fingerprint density at radius 3 is 2.80 bits per heavy atom. The van der Waals surface area contributed by atoms with Gasteiger partial charge in [0.15, 0.2) is 0 Å². The van der Waals surface area contributed by atoms with Crippen molar-refractivity contribution < 1.29 is 4.92 Å². The molecular formula is C15H19N3O2. The van der Waals surface area contributed by atoms with E-state index in [0.717, 1.165) is 19.3 Å². The number of anilines is 1. The van der Waals surface area contributed by atoms with E-state index in [0.29, 0.717) is 17.2 Å². The molecule has 1 fully saturated rings. The maximum Gasteiger partial charge on any atom is 0.293 e. The van der Waals surface area contributed by atoms with Crippen molar-refractivity contribution in [3.05, 3.63) is 33.9 Å². The molecule has 0 amide bonds. The Morgan fingerprint density at radius 1 is 1.35 bits per heavy atom. The zero-order chi connectivity index (χ0) is 14.5. The fourth-order valence-corrected chi connectivity index (χ4v) is 2.78. The summed E-state index contributed by atoms with van der Waals surface area (Å²) in [6, 6.07) is 6.81. The van der Waals surface area contributed by atoms with Gasteiger partial charge in [0.2, 0.25) is 0 Å². The maximum absolute atomic E-state index is 11.1. The summed E-state index contributed by atoms with van der Waals surface area (Å²) in [6.45, 7) is 2.19. The first-order valence-corrected chi connectivity index (χ1v) is 7.07. The van der Waals surface area contributed by atoms with Gasteiger partial charge in [-0.15, -0.1) is 0 Å². The molecule has 0 radical (unpaired) electrons. The molecule has 106 valence electrons. The second-order valence-corrected chi connectivity index (χ2v) is 5.47. The standard InChI is InChI=1S/C15H19N3O2/c1-11-5-3-2-4-6-13(11)17-14-8-7-12(10-16)9-15(14)18(19)20/h7-9,11,13,17H,2-6H2,1H3. The highest BCUT2D eigenvalue weighted by Gasteiger charge is 2.23. The van der Waals surface area contributed by atoms with Crippen LogP contribution in [0.5, 0.6) is 0 Å². The average Bonchev–Trinajstić information content (AvgIpc) is 2.64. The summed E-state index contributed by atoms with van der Waals surface area (Å²) in [7, 11) is 0. The third kappa shape index (κ3) is 3.27. The lowest BCUT2D eigenvalue weighted by Gasteiger charge is -2.23. The van der Waals surface area contributed by atoms with Crippen LogP contribution in [0.3, 0.4) is 0 Å². The van der Waals surface area contributed by atoms with Crippen LogP contribution in [0.2, 0.25) is 0 Å². The van der Waals surface area contributed by atoms with Gasteiger partial charge in [-0.2, -0.15) is 5.26 Å². The van der Waals surface area contributed by atoms with E-state index in [1.165, 1.54) is 18.9 Å². The van der Waals surface area contributed by atoms with Gasteiger partial charge in [0.05, 0.1) is 16.6 Å². The molecule has 0 spiro atoms. The fourth-order valence-electron chi connectivity index (χ4n) is 2.78. The van der Waals surface area contributed by atoms with Gasteiger partial charge in [0.25, 0.3) is 5.69 Å². The molecular weight excluding hydrogens is 254 g/mol. The van der Waals surface area contributed by atoms with E-state index >= 15 is 0 Å². The first kappa shape index (κ1) is 14.3. The molecule has 1 aromatic rings. The fraction of sp³-hybridized carbons (Fsp3) is 0.533. The summed E-state index contributed by atoms with van der Waals surface area (Å²) in [5.74, 6) is 0.507. The molecule has 0 bridgehead atoms. The van der Waals surface area contributed by atoms with Gasteiger partial charge in [-0.1, -0.05) is 26.2 Å². The average molecular weight is 273 g/mol. The van der Waals surface area contributed by atoms with E-state index in [1.807, 2.05) is 6.07 Å². The van der Waals surface area contributed by atoms with Crippen LogP contribution in [-0.4, -0.2) is 11.0 Å². The van der Waals surface area contributed by atoms with E-state index in [-0.39, 0.29) is 11.7 Å². The van der Waals surface area contributed by atoms with Crippen LogP contribution >= 0.6 is 0 Å². The number of rotatable bonds is 3. The highest BCUT2D eigenvalue weighted by Crippen LogP contribution is 2.30. The second kappa shape index (κ2) is 6.38. The number of nitro groups is 1. The molecule has 0 saturated heterocycles. The largest absolute Gasteiger partial charge is 0.376 e. The Labute approximate surface area is 118 Å². The molecule has 5 nitrogen and oxygen atoms in total. The summed E-state index contributed by atoms with van der Waals surface area (Å²) < 4.78 is 0. The van der Waals surface area contributed by atoms with Gasteiger partial charge in [0, 0.05) is 12.1 Å². The smallest absolute Gasteiger partial charge is 0.293 e. The van der Waals surface area contributed by atoms with Crippen molar-refractivity contribution in [2.24, 2.45) is 5.92 Å². The minimum absolute atomic E-state index is 0.0134. The number of nitro benzene ring substituents is 1. The number of benzene rings is 1. The first-order valence-electron chi connectivity index (χ1n) is 7.07. The summed E-state index contributed by atoms with van der Waals surface area (Å²) in [4.78, 5) is 10.7. The Hall–Kier alpha value is -2.09. The van der Waals surface area contributed by atoms with Crippen molar-refractivity contribution in [2.45, 2.75) is 45.1 Å². The predicted octanol–water partition coefficient (Wildman–Crippen LogP) is 3.85. The number of hydrogen-bond donors (Lipinski definition) is 1. The van der Waals surface area contributed by atoms with Gasteiger partial charge >= 0.3 is 0 Å². The van der Waals surface area contributed by atoms with Crippen molar-refractivity contribution in [3.63, 3.8) is 0 Å². The van der Waals surface area contributed by atoms with Gasteiger partial charge in [0.1, 0.15) is 5.69 Å². The highest BCUT2D eigenvalue weighted by atomic mass is 16.6. The van der Waals surface area contributed by atoms with E-state index in [4.69, 9.17) is 5.26 Å². The van der Waals surface area contributed by atoms with Gasteiger partial charge in [-0.3, -0.25) is 10.1 Å². The van der Waals surface area contributed by atoms with Crippen molar-refractivity contribution in [1.82, 2.24) is 0 Å². The zero-order valence-corrected chi connectivity index (χ0v) is 11.6. The number of nitrogens with zero attached hydrogens (tertiary/aromatic N) is 2. The van der Waals surface area contributed by atoms with E-state index in [1.54, 1.807) is 12.1 Å². The van der Waals surface area contributed by atoms with Crippen LogP contribution in [0.4, 0.5) is 11.4 Å². The summed E-state index contributed by atoms with van der Waals surface area (Å²) in [5.41, 5.74) is 0.824. The molecule has 1 aromatic carbocycles. The predicted molar refractivity (Wildman–Crippen MR) is 77.5 cm³/mol. The van der Waals surface area contributed by atoms with Crippen LogP contribution in [-0.2, 0) is 0 Å². The third-order valence-electron chi connectivity index (χ3n) is 4.03. The molecule has 0 aliphatic heterocycles. The lowest BCUT2D eigenvalue weighted by molar-refractivity contribution is -0.384. The van der Waals surface area contributed by atoms with E-state index in [2.05, 4.69) is 12.2 Å². The van der Waals surface area contributed by atoms with E-state index in [9.17, 15) is 10.1 Å². The van der Waals surface area contributed by atoms with Crippen molar-refractivity contribution in [3.8, 4) is 6.07 Å². The monoisotopic (exact) mass is 273 g/mol. The topological polar surface area (TPSA) is 79.0 Å². The SMILES string of the molecule is CC1CCCCCC1Nc1ccc(C#N)cc1[N+](=O)[O-]. The second-order valence-electron chi connectivity index (χ2n) is 5.47. The van der Waals surface area contributed by atoms with E-state index < -0.39 is 4.92 Å². The summed E-state index contributed by atoms with van der Waals surface area (Å²) in [5, 5.41) is 23.3. The third-order valence-corrected chi connectivity index (χ3v) is 4.03. The lowest BCUT2D eigenvalue weighted by Crippen LogP contribution is -2.26. The molecule has 2 unspecified atom stereocenters. The van der Waals surface area contributed by atoms with Crippen LogP contribution in [0, 0.1) is 27.4 Å². The van der Waals surface area contributed by atoms with Crippen LogP contribution < -0.4 is 5.32 Å². The Bertz CT molecular complexity index is 536. The number of nitriles is 1. The first-order chi connectivity index (χ1) is 9.61. The maximum atomic E-state index is 11.1. The summed E-state index contributed by atoms with van der Waals surface area (Å²) in [6.07, 6.45) is 5.82. The normalized spacial score (nSPS) is 22.6. The molecule has 1 N–H and O–H groups in total. The minimum Gasteiger partial charge on any atom is -0.376 e. The minimum atomic E-state index is -0.426. The number of hydrogen-bond acceptors (Lipinski definition) is 4. The molecule has 5 heteroatoms. The molecule has 20 heavy (non-hydrogen) atoms. The molecule has 2 atom stereocenters. The molecule has 1 aliphatic carbocycles. The van der Waals surface area contributed by atoms with Crippen molar-refractivity contribution >= 4 is 11.4 Å². The molecule has 1 saturated carbocycles. The van der Waals surface area contributed by atoms with Gasteiger partial charge in [-0.25, -0.2) is 0 Å². The molecule has 0 heterocycles. The number of nitrogens with one attached hydrogen (secondary N) is 1. The quantitative estimate of drug-likeness (QED) is 0.515. The van der Waals surface area contributed by atoms with Crippen LogP contribution in [0.15, 0.2) is 18.2 Å². The lowest BCUT2D eigenvalue weighted by atomic mass is 9.96. The van der Waals surface area contributed by atoms with Crippen molar-refractivity contribution in [2.75, 3.05) is 5.32 Å². The Kier molecular flexibility index (Phi) is 4.57. The Morgan fingerprint density at radius 2 is 2.10 bits per heavy atom. The summed E-state index contributed by atoms with van der Waals surface area (Å²) >= 11 is 0. The van der Waals surface area contributed by atoms with Crippen molar-refractivity contribution in [1.29, 1.82) is 5.26 Å². The highest BCUT2D eigenvalue weighted by molar-refractivity contribution is 5.64. The van der Waals surface area contributed by atoms with Gasteiger partial charge < -0.3 is 5.32 Å².